The minimum absolute atomic E-state index is 0.0402. The molecule has 8 atom stereocenters. The highest BCUT2D eigenvalue weighted by molar-refractivity contribution is 5.15. The summed E-state index contributed by atoms with van der Waals surface area (Å²) in [6.45, 7) is 2.80. The number of rotatable bonds is 4. The predicted molar refractivity (Wildman–Crippen MR) is 78.8 cm³/mol. The van der Waals surface area contributed by atoms with Crippen molar-refractivity contribution in [2.24, 2.45) is 41.4 Å². The fourth-order valence-electron chi connectivity index (χ4n) is 6.15. The molecule has 3 rings (SSSR count). The Hall–Kier alpha value is -0.540. The Labute approximate surface area is 148 Å². The van der Waals surface area contributed by atoms with Gasteiger partial charge < -0.3 is 14.6 Å². The molecule has 0 amide bonds. The van der Waals surface area contributed by atoms with Gasteiger partial charge in [0.2, 0.25) is 0 Å². The van der Waals surface area contributed by atoms with Crippen molar-refractivity contribution in [1.82, 2.24) is 0 Å². The SMILES string of the molecule is COCOC(C1CC2C3CC(C(C)C3C)C2C1O)(C(F)(F)F)C(F)(F)F. The predicted octanol–water partition coefficient (Wildman–Crippen LogP) is 4.01. The van der Waals surface area contributed by atoms with E-state index in [1.54, 1.807) is 0 Å². The van der Waals surface area contributed by atoms with Crippen molar-refractivity contribution in [3.05, 3.63) is 0 Å². The first kappa shape index (κ1) is 20.2. The third-order valence-corrected chi connectivity index (χ3v) is 7.36. The van der Waals surface area contributed by atoms with Gasteiger partial charge in [0.15, 0.2) is 0 Å². The number of hydrogen-bond donors (Lipinski definition) is 1. The molecule has 3 aliphatic carbocycles. The second-order valence-corrected chi connectivity index (χ2v) is 8.14. The quantitative estimate of drug-likeness (QED) is 0.583. The molecule has 152 valence electrons. The van der Waals surface area contributed by atoms with Crippen LogP contribution in [0, 0.1) is 41.4 Å². The summed E-state index contributed by atoms with van der Waals surface area (Å²) in [5, 5.41) is 10.6. The lowest BCUT2D eigenvalue weighted by molar-refractivity contribution is -0.413. The van der Waals surface area contributed by atoms with Gasteiger partial charge in [0.05, 0.1) is 6.10 Å². The van der Waals surface area contributed by atoms with Crippen LogP contribution in [0.3, 0.4) is 0 Å². The fraction of sp³-hybridized carbons (Fsp3) is 1.00. The summed E-state index contributed by atoms with van der Waals surface area (Å²) < 4.78 is 91.2. The molecular weight excluding hydrogens is 366 g/mol. The smallest absolute Gasteiger partial charge is 0.392 e. The van der Waals surface area contributed by atoms with Crippen molar-refractivity contribution in [3.63, 3.8) is 0 Å². The molecular formula is C17H24F6O3. The first-order valence-corrected chi connectivity index (χ1v) is 8.82. The van der Waals surface area contributed by atoms with Gasteiger partial charge in [-0.05, 0) is 48.3 Å². The number of aliphatic hydroxyl groups excluding tert-OH is 1. The highest BCUT2D eigenvalue weighted by Gasteiger charge is 2.79. The van der Waals surface area contributed by atoms with E-state index in [0.29, 0.717) is 0 Å². The monoisotopic (exact) mass is 390 g/mol. The van der Waals surface area contributed by atoms with Crippen LogP contribution >= 0.6 is 0 Å². The summed E-state index contributed by atoms with van der Waals surface area (Å²) in [6, 6.07) is 0. The molecule has 0 aromatic rings. The molecule has 3 saturated carbocycles. The molecule has 1 N–H and O–H groups in total. The highest BCUT2D eigenvalue weighted by atomic mass is 19.4. The van der Waals surface area contributed by atoms with Crippen molar-refractivity contribution in [3.8, 4) is 0 Å². The van der Waals surface area contributed by atoms with Crippen LogP contribution in [-0.4, -0.2) is 43.1 Å². The number of fused-ring (bicyclic) bond motifs is 5. The maximum absolute atomic E-state index is 13.7. The zero-order valence-electron chi connectivity index (χ0n) is 14.8. The first-order valence-electron chi connectivity index (χ1n) is 8.82. The minimum Gasteiger partial charge on any atom is -0.392 e. The zero-order valence-corrected chi connectivity index (χ0v) is 14.8. The molecule has 0 radical (unpaired) electrons. The lowest BCUT2D eigenvalue weighted by atomic mass is 9.70. The number of ether oxygens (including phenoxy) is 2. The standard InChI is InChI=1S/C17H24F6O3/c1-7-8(2)10-4-9(7)11-5-12(14(24)13(10)11)15(16(18,19)20,17(21,22)23)26-6-25-3/h7-14,24H,4-6H2,1-3H3. The van der Waals surface area contributed by atoms with Gasteiger partial charge in [-0.1, -0.05) is 13.8 Å². The molecule has 3 fully saturated rings. The zero-order chi connectivity index (χ0) is 19.7. The molecule has 0 aromatic carbocycles. The highest BCUT2D eigenvalue weighted by Crippen LogP contribution is 2.67. The molecule has 0 aliphatic heterocycles. The Kier molecular flexibility index (Phi) is 4.85. The molecule has 8 unspecified atom stereocenters. The minimum atomic E-state index is -5.72. The second-order valence-electron chi connectivity index (χ2n) is 8.14. The van der Waals surface area contributed by atoms with Crippen LogP contribution in [0.15, 0.2) is 0 Å². The van der Waals surface area contributed by atoms with Crippen LogP contribution in [0.25, 0.3) is 0 Å². The van der Waals surface area contributed by atoms with Crippen LogP contribution in [0.4, 0.5) is 26.3 Å². The van der Waals surface area contributed by atoms with Crippen molar-refractivity contribution >= 4 is 0 Å². The molecule has 3 aliphatic rings. The lowest BCUT2D eigenvalue weighted by Gasteiger charge is -2.43. The summed E-state index contributed by atoms with van der Waals surface area (Å²) in [5.41, 5.74) is -4.42. The van der Waals surface area contributed by atoms with E-state index in [1.165, 1.54) is 0 Å². The van der Waals surface area contributed by atoms with Gasteiger partial charge in [0.1, 0.15) is 6.79 Å². The van der Waals surface area contributed by atoms with E-state index >= 15 is 0 Å². The Morgan fingerprint density at radius 2 is 1.42 bits per heavy atom. The van der Waals surface area contributed by atoms with Gasteiger partial charge in [-0.2, -0.15) is 26.3 Å². The van der Waals surface area contributed by atoms with E-state index in [4.69, 9.17) is 0 Å². The summed E-state index contributed by atoms with van der Waals surface area (Å²) >= 11 is 0. The largest absolute Gasteiger partial charge is 0.426 e. The molecule has 0 spiro atoms. The summed E-state index contributed by atoms with van der Waals surface area (Å²) in [6.07, 6.45) is -12.7. The van der Waals surface area contributed by atoms with Crippen LogP contribution in [-0.2, 0) is 9.47 Å². The van der Waals surface area contributed by atoms with Gasteiger partial charge >= 0.3 is 12.4 Å². The van der Waals surface area contributed by atoms with Crippen molar-refractivity contribution in [2.45, 2.75) is 50.7 Å². The Morgan fingerprint density at radius 1 is 0.885 bits per heavy atom. The van der Waals surface area contributed by atoms with Crippen LogP contribution < -0.4 is 0 Å². The van der Waals surface area contributed by atoms with Crippen LogP contribution in [0.5, 0.6) is 0 Å². The third kappa shape index (κ3) is 2.53. The van der Waals surface area contributed by atoms with E-state index in [1.807, 2.05) is 13.8 Å². The fourth-order valence-corrected chi connectivity index (χ4v) is 6.15. The molecule has 26 heavy (non-hydrogen) atoms. The molecule has 3 nitrogen and oxygen atoms in total. The van der Waals surface area contributed by atoms with Gasteiger partial charge in [-0.25, -0.2) is 0 Å². The van der Waals surface area contributed by atoms with Crippen LogP contribution in [0.2, 0.25) is 0 Å². The molecule has 9 heteroatoms. The third-order valence-electron chi connectivity index (χ3n) is 7.36. The number of aliphatic hydroxyl groups is 1. The van der Waals surface area contributed by atoms with Crippen LogP contribution in [0.1, 0.15) is 26.7 Å². The van der Waals surface area contributed by atoms with Gasteiger partial charge in [0, 0.05) is 13.0 Å². The van der Waals surface area contributed by atoms with E-state index in [2.05, 4.69) is 9.47 Å². The first-order chi connectivity index (χ1) is 11.9. The Balaban J connectivity index is 2.01. The normalized spacial score (nSPS) is 43.2. The molecule has 0 heterocycles. The van der Waals surface area contributed by atoms with Gasteiger partial charge in [-0.15, -0.1) is 0 Å². The Morgan fingerprint density at radius 3 is 1.92 bits per heavy atom. The summed E-state index contributed by atoms with van der Waals surface area (Å²) in [5.74, 6) is -2.52. The van der Waals surface area contributed by atoms with Gasteiger partial charge in [0.25, 0.3) is 5.60 Å². The van der Waals surface area contributed by atoms with Gasteiger partial charge in [-0.3, -0.25) is 0 Å². The maximum Gasteiger partial charge on any atom is 0.426 e. The average molecular weight is 390 g/mol. The van der Waals surface area contributed by atoms with E-state index < -0.39 is 42.7 Å². The van der Waals surface area contributed by atoms with E-state index in [-0.39, 0.29) is 36.0 Å². The van der Waals surface area contributed by atoms with Crippen molar-refractivity contribution in [1.29, 1.82) is 0 Å². The van der Waals surface area contributed by atoms with E-state index in [0.717, 1.165) is 13.5 Å². The summed E-state index contributed by atoms with van der Waals surface area (Å²) in [4.78, 5) is 0. The molecule has 0 saturated heterocycles. The van der Waals surface area contributed by atoms with Crippen molar-refractivity contribution in [2.75, 3.05) is 13.9 Å². The summed E-state index contributed by atoms with van der Waals surface area (Å²) in [7, 11) is 0.959. The lowest BCUT2D eigenvalue weighted by Crippen LogP contribution is -2.65. The number of hydrogen-bond acceptors (Lipinski definition) is 3. The topological polar surface area (TPSA) is 38.7 Å². The molecule has 2 bridgehead atoms. The van der Waals surface area contributed by atoms with E-state index in [9.17, 15) is 31.4 Å². The molecule has 0 aromatic heterocycles. The number of alkyl halides is 6. The average Bonchev–Trinajstić information content (AvgIpc) is 3.11. The Bertz CT molecular complexity index is 520. The van der Waals surface area contributed by atoms with Crippen molar-refractivity contribution < 1.29 is 40.9 Å². The number of methoxy groups -OCH3 is 1. The maximum atomic E-state index is 13.7. The number of halogens is 6. The second kappa shape index (κ2) is 6.24.